The van der Waals surface area contributed by atoms with Gasteiger partial charge in [-0.3, -0.25) is 4.98 Å². The number of sulfonamides is 1. The lowest BCUT2D eigenvalue weighted by Gasteiger charge is -2.54. The van der Waals surface area contributed by atoms with Crippen LogP contribution in [0.3, 0.4) is 0 Å². The van der Waals surface area contributed by atoms with Crippen LogP contribution in [0.1, 0.15) is 25.7 Å². The quantitative estimate of drug-likeness (QED) is 0.767. The molecule has 152 valence electrons. The van der Waals surface area contributed by atoms with E-state index in [9.17, 15) is 12.8 Å². The first-order valence-electron chi connectivity index (χ1n) is 9.89. The van der Waals surface area contributed by atoms with Crippen LogP contribution in [0.4, 0.5) is 4.39 Å². The van der Waals surface area contributed by atoms with Gasteiger partial charge in [0, 0.05) is 18.2 Å². The summed E-state index contributed by atoms with van der Waals surface area (Å²) in [7, 11) is -3.38. The molecule has 0 radical (unpaired) electrons. The summed E-state index contributed by atoms with van der Waals surface area (Å²) in [6.45, 7) is 0.950. The van der Waals surface area contributed by atoms with Gasteiger partial charge in [-0.2, -0.15) is 0 Å². The topological polar surface area (TPSA) is 71.9 Å². The van der Waals surface area contributed by atoms with Crippen LogP contribution < -0.4 is 4.74 Å². The number of nitrogens with zero attached hydrogens (tertiary/aromatic N) is 3. The minimum absolute atomic E-state index is 0.100. The Morgan fingerprint density at radius 1 is 1.14 bits per heavy atom. The van der Waals surface area contributed by atoms with Crippen molar-refractivity contribution in [1.82, 2.24) is 9.88 Å². The molecular weight excluding hydrogens is 393 g/mol. The van der Waals surface area contributed by atoms with Crippen molar-refractivity contribution in [3.63, 3.8) is 0 Å². The van der Waals surface area contributed by atoms with Crippen LogP contribution in [0.15, 0.2) is 47.0 Å². The highest BCUT2D eigenvalue weighted by molar-refractivity contribution is 7.90. The maximum absolute atomic E-state index is 13.0. The second-order valence-electron chi connectivity index (χ2n) is 8.08. The molecule has 1 saturated carbocycles. The van der Waals surface area contributed by atoms with Gasteiger partial charge in [0.1, 0.15) is 24.0 Å². The van der Waals surface area contributed by atoms with Gasteiger partial charge in [0.05, 0.1) is 23.1 Å². The van der Waals surface area contributed by atoms with Crippen LogP contribution in [0.5, 0.6) is 5.75 Å². The zero-order chi connectivity index (χ0) is 20.1. The van der Waals surface area contributed by atoms with Crippen molar-refractivity contribution < 1.29 is 17.5 Å². The van der Waals surface area contributed by atoms with Gasteiger partial charge in [0.2, 0.25) is 0 Å². The van der Waals surface area contributed by atoms with Crippen LogP contribution in [0.2, 0.25) is 0 Å². The fraction of sp³-hybridized carbons (Fsp3) is 0.429. The minimum atomic E-state index is -3.38. The number of pyridine rings is 1. The van der Waals surface area contributed by atoms with E-state index in [1.807, 2.05) is 24.3 Å². The second-order valence-corrected chi connectivity index (χ2v) is 9.84. The number of benzene rings is 1. The predicted octanol–water partition coefficient (Wildman–Crippen LogP) is 3.25. The Hall–Kier alpha value is -2.48. The molecule has 1 aliphatic carbocycles. The molecule has 1 aromatic heterocycles. The van der Waals surface area contributed by atoms with Gasteiger partial charge < -0.3 is 9.64 Å². The summed E-state index contributed by atoms with van der Waals surface area (Å²) in [5.74, 6) is 1.15. The lowest BCUT2D eigenvalue weighted by Crippen LogP contribution is -2.62. The number of ether oxygens (including phenoxy) is 1. The average Bonchev–Trinajstić information content (AvgIpc) is 2.73. The third-order valence-electron chi connectivity index (χ3n) is 6.31. The molecule has 2 bridgehead atoms. The van der Waals surface area contributed by atoms with Crippen molar-refractivity contribution in [2.75, 3.05) is 18.9 Å². The summed E-state index contributed by atoms with van der Waals surface area (Å²) in [5.41, 5.74) is 1.24. The van der Waals surface area contributed by atoms with Crippen molar-refractivity contribution in [2.45, 2.75) is 31.7 Å². The highest BCUT2D eigenvalue weighted by Crippen LogP contribution is 2.47. The molecule has 4 heterocycles. The predicted molar refractivity (Wildman–Crippen MR) is 108 cm³/mol. The first-order valence-corrected chi connectivity index (χ1v) is 11.5. The standard InChI is InChI=1S/C21H22FN3O3S/c22-16-3-6-19(23-13-16)15-1-4-18(5-2-15)28-14-21-9-7-17(8-10-21)25-11-12-29(26,27)24-20(21)25/h1-6,13,17H,7-12,14H2. The average molecular weight is 415 g/mol. The van der Waals surface area contributed by atoms with Gasteiger partial charge in [-0.15, -0.1) is 4.40 Å². The first kappa shape index (κ1) is 18.5. The monoisotopic (exact) mass is 415 g/mol. The van der Waals surface area contributed by atoms with E-state index >= 15 is 0 Å². The van der Waals surface area contributed by atoms with Crippen molar-refractivity contribution in [3.8, 4) is 17.0 Å². The first-order chi connectivity index (χ1) is 13.9. The zero-order valence-corrected chi connectivity index (χ0v) is 16.7. The molecule has 6 rings (SSSR count). The summed E-state index contributed by atoms with van der Waals surface area (Å²) in [4.78, 5) is 6.29. The molecule has 3 aliphatic heterocycles. The van der Waals surface area contributed by atoms with Gasteiger partial charge in [-0.05, 0) is 62.1 Å². The number of hydrogen-bond acceptors (Lipinski definition) is 5. The lowest BCUT2D eigenvalue weighted by molar-refractivity contribution is 0.0657. The van der Waals surface area contributed by atoms with E-state index in [-0.39, 0.29) is 17.0 Å². The number of fused-ring (bicyclic) bond motifs is 2. The van der Waals surface area contributed by atoms with Crippen LogP contribution in [-0.4, -0.2) is 49.1 Å². The van der Waals surface area contributed by atoms with Crippen LogP contribution in [0, 0.1) is 11.2 Å². The normalized spacial score (nSPS) is 27.3. The van der Waals surface area contributed by atoms with Gasteiger partial charge in [-0.25, -0.2) is 12.8 Å². The Kier molecular flexibility index (Phi) is 4.34. The van der Waals surface area contributed by atoms with Gasteiger partial charge in [0.15, 0.2) is 0 Å². The summed E-state index contributed by atoms with van der Waals surface area (Å²) in [5, 5.41) is 0. The molecule has 0 spiro atoms. The Balaban J connectivity index is 1.35. The zero-order valence-electron chi connectivity index (χ0n) is 15.9. The van der Waals surface area contributed by atoms with E-state index in [2.05, 4.69) is 14.3 Å². The molecule has 29 heavy (non-hydrogen) atoms. The molecule has 6 nitrogen and oxygen atoms in total. The Labute approximate surface area is 169 Å². The summed E-state index contributed by atoms with van der Waals surface area (Å²) in [6.07, 6.45) is 5.11. The smallest absolute Gasteiger partial charge is 0.256 e. The molecule has 1 aromatic carbocycles. The molecule has 0 unspecified atom stereocenters. The van der Waals surface area contributed by atoms with Gasteiger partial charge in [0.25, 0.3) is 10.0 Å². The van der Waals surface area contributed by atoms with Crippen molar-refractivity contribution in [2.24, 2.45) is 9.81 Å². The molecule has 2 aromatic rings. The Bertz CT molecular complexity index is 1040. The molecular formula is C21H22FN3O3S. The Morgan fingerprint density at radius 3 is 2.59 bits per heavy atom. The van der Waals surface area contributed by atoms with E-state index in [0.717, 1.165) is 31.2 Å². The van der Waals surface area contributed by atoms with Crippen molar-refractivity contribution in [3.05, 3.63) is 48.4 Å². The largest absolute Gasteiger partial charge is 0.493 e. The number of amidine groups is 1. The summed E-state index contributed by atoms with van der Waals surface area (Å²) in [6, 6.07) is 10.9. The number of piperidine rings is 2. The summed E-state index contributed by atoms with van der Waals surface area (Å²) >= 11 is 0. The molecule has 4 aliphatic rings. The number of halogens is 1. The number of rotatable bonds is 4. The highest BCUT2D eigenvalue weighted by atomic mass is 32.2. The van der Waals surface area contributed by atoms with E-state index in [4.69, 9.17) is 4.74 Å². The van der Waals surface area contributed by atoms with Crippen molar-refractivity contribution in [1.29, 1.82) is 0 Å². The summed E-state index contributed by atoms with van der Waals surface area (Å²) < 4.78 is 47.5. The van der Waals surface area contributed by atoms with Gasteiger partial charge >= 0.3 is 0 Å². The molecule has 2 saturated heterocycles. The maximum atomic E-state index is 13.0. The fourth-order valence-corrected chi connectivity index (χ4v) is 5.78. The maximum Gasteiger partial charge on any atom is 0.256 e. The number of aromatic nitrogens is 1. The second kappa shape index (κ2) is 6.79. The van der Waals surface area contributed by atoms with E-state index in [0.29, 0.717) is 36.5 Å². The van der Waals surface area contributed by atoms with Crippen LogP contribution in [-0.2, 0) is 10.0 Å². The highest BCUT2D eigenvalue weighted by Gasteiger charge is 2.52. The van der Waals surface area contributed by atoms with Crippen LogP contribution in [0.25, 0.3) is 11.3 Å². The third-order valence-corrected chi connectivity index (χ3v) is 7.46. The molecule has 8 heteroatoms. The van der Waals surface area contributed by atoms with E-state index in [1.165, 1.54) is 12.3 Å². The van der Waals surface area contributed by atoms with Crippen molar-refractivity contribution >= 4 is 15.9 Å². The van der Waals surface area contributed by atoms with Gasteiger partial charge in [-0.1, -0.05) is 0 Å². The van der Waals surface area contributed by atoms with E-state index in [1.54, 1.807) is 6.07 Å². The number of hydrogen-bond donors (Lipinski definition) is 0. The lowest BCUT2D eigenvalue weighted by atomic mass is 9.67. The molecule has 0 atom stereocenters. The minimum Gasteiger partial charge on any atom is -0.493 e. The molecule has 0 N–H and O–H groups in total. The van der Waals surface area contributed by atoms with E-state index < -0.39 is 10.0 Å². The SMILES string of the molecule is O=S1(=O)CCN2C(=N1)C1(COc3ccc(-c4ccc(F)cn4)cc3)CCC2CC1. The molecule has 3 fully saturated rings. The Morgan fingerprint density at radius 2 is 1.90 bits per heavy atom. The van der Waals surface area contributed by atoms with Crippen LogP contribution >= 0.6 is 0 Å². The molecule has 0 amide bonds. The fourth-order valence-electron chi connectivity index (χ4n) is 4.70. The third kappa shape index (κ3) is 3.39.